The second-order valence-electron chi connectivity index (χ2n) is 2.70. The van der Waals surface area contributed by atoms with Crippen LogP contribution in [0.1, 0.15) is 17.3 Å². The predicted octanol–water partition coefficient (Wildman–Crippen LogP) is 0.266. The molecule has 1 aromatic rings. The highest BCUT2D eigenvalue weighted by atomic mass is 16.6. The van der Waals surface area contributed by atoms with Crippen molar-refractivity contribution in [1.82, 2.24) is 10.3 Å². The quantitative estimate of drug-likeness (QED) is 0.556. The van der Waals surface area contributed by atoms with E-state index in [4.69, 9.17) is 0 Å². The third-order valence-electron chi connectivity index (χ3n) is 1.49. The number of hydrogen-bond donors (Lipinski definition) is 1. The number of hydrogen-bond acceptors (Lipinski definition) is 5. The third kappa shape index (κ3) is 2.83. The van der Waals surface area contributed by atoms with E-state index in [0.29, 0.717) is 0 Å². The molecule has 7 heteroatoms. The van der Waals surface area contributed by atoms with Gasteiger partial charge in [-0.2, -0.15) is 0 Å². The van der Waals surface area contributed by atoms with Gasteiger partial charge in [0.2, 0.25) is 5.91 Å². The molecule has 15 heavy (non-hydrogen) atoms. The van der Waals surface area contributed by atoms with E-state index in [9.17, 15) is 19.7 Å². The van der Waals surface area contributed by atoms with Gasteiger partial charge in [-0.3, -0.25) is 30.0 Å². The lowest BCUT2D eigenvalue weighted by molar-refractivity contribution is -0.385. The normalized spacial score (nSPS) is 9.40. The Morgan fingerprint density at radius 3 is 2.67 bits per heavy atom. The molecule has 1 rings (SSSR count). The topological polar surface area (TPSA) is 102 Å². The Bertz CT molecular complexity index is 430. The summed E-state index contributed by atoms with van der Waals surface area (Å²) in [6, 6.07) is 1.05. The first-order valence-electron chi connectivity index (χ1n) is 3.92. The maximum absolute atomic E-state index is 11.2. The van der Waals surface area contributed by atoms with Gasteiger partial charge in [0.1, 0.15) is 6.20 Å². The average molecular weight is 209 g/mol. The highest BCUT2D eigenvalue weighted by Crippen LogP contribution is 2.10. The Labute approximate surface area is 84.3 Å². The fraction of sp³-hybridized carbons (Fsp3) is 0.125. The number of amides is 2. The van der Waals surface area contributed by atoms with Crippen molar-refractivity contribution in [2.45, 2.75) is 6.92 Å². The predicted molar refractivity (Wildman–Crippen MR) is 49.0 cm³/mol. The molecule has 2 amide bonds. The lowest BCUT2D eigenvalue weighted by Crippen LogP contribution is -2.28. The third-order valence-corrected chi connectivity index (χ3v) is 1.49. The summed E-state index contributed by atoms with van der Waals surface area (Å²) in [5, 5.41) is 12.3. The van der Waals surface area contributed by atoms with Crippen LogP contribution >= 0.6 is 0 Å². The van der Waals surface area contributed by atoms with Crippen LogP contribution in [0.5, 0.6) is 0 Å². The molecule has 0 fully saturated rings. The number of nitrogens with one attached hydrogen (secondary N) is 1. The van der Waals surface area contributed by atoms with Crippen molar-refractivity contribution < 1.29 is 14.5 Å². The SMILES string of the molecule is CC(=O)NC(=O)c1cncc([N+](=O)[O-])c1. The minimum Gasteiger partial charge on any atom is -0.293 e. The van der Waals surface area contributed by atoms with Gasteiger partial charge in [-0.05, 0) is 0 Å². The summed E-state index contributed by atoms with van der Waals surface area (Å²) in [5.41, 5.74) is -0.328. The minimum atomic E-state index is -0.710. The van der Waals surface area contributed by atoms with Crippen LogP contribution in [0, 0.1) is 10.1 Å². The summed E-state index contributed by atoms with van der Waals surface area (Å²) in [4.78, 5) is 35.0. The molecular formula is C8H7N3O4. The maximum Gasteiger partial charge on any atom is 0.288 e. The van der Waals surface area contributed by atoms with E-state index in [1.807, 2.05) is 5.32 Å². The van der Waals surface area contributed by atoms with Gasteiger partial charge in [-0.1, -0.05) is 0 Å². The van der Waals surface area contributed by atoms with E-state index in [1.165, 1.54) is 6.92 Å². The summed E-state index contributed by atoms with van der Waals surface area (Å²) >= 11 is 0. The number of aromatic nitrogens is 1. The molecular weight excluding hydrogens is 202 g/mol. The fourth-order valence-electron chi connectivity index (χ4n) is 0.884. The number of nitro groups is 1. The average Bonchev–Trinajstić information content (AvgIpc) is 2.17. The Hall–Kier alpha value is -2.31. The molecule has 0 aromatic carbocycles. The van der Waals surface area contributed by atoms with Gasteiger partial charge in [0.25, 0.3) is 11.6 Å². The van der Waals surface area contributed by atoms with Crippen molar-refractivity contribution in [2.75, 3.05) is 0 Å². The zero-order valence-electron chi connectivity index (χ0n) is 7.76. The molecule has 0 radical (unpaired) electrons. The second kappa shape index (κ2) is 4.27. The molecule has 1 N–H and O–H groups in total. The van der Waals surface area contributed by atoms with Gasteiger partial charge >= 0.3 is 0 Å². The zero-order chi connectivity index (χ0) is 11.4. The monoisotopic (exact) mass is 209 g/mol. The number of rotatable bonds is 2. The van der Waals surface area contributed by atoms with E-state index < -0.39 is 16.7 Å². The standard InChI is InChI=1S/C8H7N3O4/c1-5(12)10-8(13)6-2-7(11(14)15)4-9-3-6/h2-4H,1H3,(H,10,12,13). The first-order chi connectivity index (χ1) is 7.00. The summed E-state index contributed by atoms with van der Waals surface area (Å²) in [6.45, 7) is 1.17. The number of carbonyl (C=O) groups excluding carboxylic acids is 2. The van der Waals surface area contributed by atoms with E-state index >= 15 is 0 Å². The summed E-state index contributed by atoms with van der Waals surface area (Å²) in [7, 11) is 0. The largest absolute Gasteiger partial charge is 0.293 e. The molecule has 0 saturated carbocycles. The van der Waals surface area contributed by atoms with Crippen molar-refractivity contribution >= 4 is 17.5 Å². The van der Waals surface area contributed by atoms with Crippen molar-refractivity contribution in [3.05, 3.63) is 34.1 Å². The molecule has 78 valence electrons. The summed E-state index contributed by atoms with van der Waals surface area (Å²) in [6.07, 6.45) is 2.16. The Balaban J connectivity index is 2.95. The number of nitrogens with zero attached hydrogens (tertiary/aromatic N) is 2. The van der Waals surface area contributed by atoms with Crippen molar-refractivity contribution in [3.63, 3.8) is 0 Å². The first kappa shape index (κ1) is 10.8. The van der Waals surface area contributed by atoms with Gasteiger partial charge in [0.15, 0.2) is 0 Å². The highest BCUT2D eigenvalue weighted by molar-refractivity contribution is 6.04. The van der Waals surface area contributed by atoms with Crippen LogP contribution in [0.25, 0.3) is 0 Å². The molecule has 0 spiro atoms. The van der Waals surface area contributed by atoms with E-state index in [1.54, 1.807) is 0 Å². The Kier molecular flexibility index (Phi) is 3.06. The van der Waals surface area contributed by atoms with Crippen LogP contribution in [-0.4, -0.2) is 21.7 Å². The number of imide groups is 1. The molecule has 1 aromatic heterocycles. The molecule has 1 heterocycles. The van der Waals surface area contributed by atoms with Gasteiger partial charge in [-0.15, -0.1) is 0 Å². The van der Waals surface area contributed by atoms with Crippen LogP contribution in [-0.2, 0) is 4.79 Å². The second-order valence-corrected chi connectivity index (χ2v) is 2.70. The molecule has 0 saturated heterocycles. The molecule has 0 bridgehead atoms. The first-order valence-corrected chi connectivity index (χ1v) is 3.92. The van der Waals surface area contributed by atoms with Gasteiger partial charge in [-0.25, -0.2) is 0 Å². The number of carbonyl (C=O) groups is 2. The van der Waals surface area contributed by atoms with Crippen molar-refractivity contribution in [2.24, 2.45) is 0 Å². The van der Waals surface area contributed by atoms with Crippen LogP contribution in [0.15, 0.2) is 18.5 Å². The molecule has 0 aliphatic carbocycles. The minimum absolute atomic E-state index is 0.0283. The highest BCUT2D eigenvalue weighted by Gasteiger charge is 2.12. The lowest BCUT2D eigenvalue weighted by Gasteiger charge is -1.99. The van der Waals surface area contributed by atoms with Crippen LogP contribution in [0.4, 0.5) is 5.69 Å². The van der Waals surface area contributed by atoms with Crippen LogP contribution < -0.4 is 5.32 Å². The van der Waals surface area contributed by atoms with Gasteiger partial charge in [0.05, 0.1) is 10.5 Å². The zero-order valence-corrected chi connectivity index (χ0v) is 7.76. The lowest BCUT2D eigenvalue weighted by atomic mass is 10.2. The molecule has 0 atom stereocenters. The molecule has 0 unspecified atom stereocenters. The fourth-order valence-corrected chi connectivity index (χ4v) is 0.884. The van der Waals surface area contributed by atoms with Gasteiger partial charge in [0, 0.05) is 19.2 Å². The van der Waals surface area contributed by atoms with Crippen molar-refractivity contribution in [3.8, 4) is 0 Å². The Morgan fingerprint density at radius 2 is 2.13 bits per heavy atom. The van der Waals surface area contributed by atoms with Crippen LogP contribution in [0.2, 0.25) is 0 Å². The summed E-state index contributed by atoms with van der Waals surface area (Å²) in [5.74, 6) is -1.25. The van der Waals surface area contributed by atoms with E-state index in [-0.39, 0.29) is 11.3 Å². The van der Waals surface area contributed by atoms with E-state index in [2.05, 4.69) is 4.98 Å². The number of pyridine rings is 1. The van der Waals surface area contributed by atoms with Gasteiger partial charge < -0.3 is 0 Å². The molecule has 0 aliphatic rings. The Morgan fingerprint density at radius 1 is 1.47 bits per heavy atom. The molecule has 7 nitrogen and oxygen atoms in total. The van der Waals surface area contributed by atoms with Crippen LogP contribution in [0.3, 0.4) is 0 Å². The summed E-state index contributed by atoms with van der Waals surface area (Å²) < 4.78 is 0. The van der Waals surface area contributed by atoms with Crippen molar-refractivity contribution in [1.29, 1.82) is 0 Å². The smallest absolute Gasteiger partial charge is 0.288 e. The van der Waals surface area contributed by atoms with E-state index in [0.717, 1.165) is 18.5 Å². The molecule has 0 aliphatic heterocycles. The maximum atomic E-state index is 11.2.